The molecule has 1 aromatic carbocycles. The van der Waals surface area contributed by atoms with Gasteiger partial charge in [-0.25, -0.2) is 9.48 Å². The van der Waals surface area contributed by atoms with Gasteiger partial charge in [0.1, 0.15) is 0 Å². The van der Waals surface area contributed by atoms with Crippen molar-refractivity contribution in [2.24, 2.45) is 7.05 Å². The van der Waals surface area contributed by atoms with Crippen LogP contribution in [0.25, 0.3) is 5.69 Å². The SMILES string of the molecule is Cc1ccc(-n2nc(NC(=O)NCc3cnn(C)c3)cc2C)cc1. The molecule has 0 fully saturated rings. The molecule has 0 aliphatic carbocycles. The number of urea groups is 1. The Bertz CT molecular complexity index is 846. The van der Waals surface area contributed by atoms with Gasteiger partial charge in [0.2, 0.25) is 0 Å². The molecule has 2 amide bonds. The maximum atomic E-state index is 12.0. The Kier molecular flexibility index (Phi) is 4.33. The van der Waals surface area contributed by atoms with E-state index in [9.17, 15) is 4.79 Å². The van der Waals surface area contributed by atoms with E-state index < -0.39 is 0 Å². The number of carbonyl (C=O) groups excluding carboxylic acids is 1. The molecule has 0 aliphatic rings. The van der Waals surface area contributed by atoms with E-state index in [2.05, 4.69) is 20.8 Å². The van der Waals surface area contributed by atoms with E-state index in [4.69, 9.17) is 0 Å². The molecule has 2 heterocycles. The first-order valence-corrected chi connectivity index (χ1v) is 7.67. The zero-order chi connectivity index (χ0) is 17.1. The number of carbonyl (C=O) groups is 1. The number of anilines is 1. The minimum absolute atomic E-state index is 0.299. The number of nitrogens with one attached hydrogen (secondary N) is 2. The maximum absolute atomic E-state index is 12.0. The van der Waals surface area contributed by atoms with Crippen LogP contribution in [0.5, 0.6) is 0 Å². The van der Waals surface area contributed by atoms with E-state index in [1.54, 1.807) is 15.6 Å². The fraction of sp³-hybridized carbons (Fsp3) is 0.235. The summed E-state index contributed by atoms with van der Waals surface area (Å²) in [6.45, 7) is 4.40. The Morgan fingerprint density at radius 2 is 1.96 bits per heavy atom. The highest BCUT2D eigenvalue weighted by Crippen LogP contribution is 2.15. The summed E-state index contributed by atoms with van der Waals surface area (Å²) >= 11 is 0. The van der Waals surface area contributed by atoms with E-state index in [-0.39, 0.29) is 6.03 Å². The molecule has 0 radical (unpaired) electrons. The highest BCUT2D eigenvalue weighted by atomic mass is 16.2. The molecule has 0 unspecified atom stereocenters. The van der Waals surface area contributed by atoms with E-state index in [0.29, 0.717) is 12.4 Å². The Balaban J connectivity index is 1.64. The van der Waals surface area contributed by atoms with Crippen LogP contribution in [0.1, 0.15) is 16.8 Å². The minimum atomic E-state index is -0.299. The van der Waals surface area contributed by atoms with Crippen LogP contribution in [0.4, 0.5) is 10.6 Å². The Morgan fingerprint density at radius 3 is 2.62 bits per heavy atom. The van der Waals surface area contributed by atoms with Gasteiger partial charge in [0.25, 0.3) is 0 Å². The standard InChI is InChI=1S/C17H20N6O/c1-12-4-6-15(7-5-12)23-13(2)8-16(21-23)20-17(24)18-9-14-10-19-22(3)11-14/h4-8,10-11H,9H2,1-3H3,(H2,18,20,21,24). The second kappa shape index (κ2) is 6.57. The Labute approximate surface area is 140 Å². The second-order valence-electron chi connectivity index (χ2n) is 5.75. The smallest absolute Gasteiger partial charge is 0.320 e. The average molecular weight is 324 g/mol. The van der Waals surface area contributed by atoms with Crippen molar-refractivity contribution < 1.29 is 4.79 Å². The Morgan fingerprint density at radius 1 is 1.21 bits per heavy atom. The van der Waals surface area contributed by atoms with Gasteiger partial charge in [-0.3, -0.25) is 10.00 Å². The highest BCUT2D eigenvalue weighted by molar-refractivity contribution is 5.88. The normalized spacial score (nSPS) is 10.6. The summed E-state index contributed by atoms with van der Waals surface area (Å²) in [4.78, 5) is 12.0. The molecule has 0 saturated carbocycles. The van der Waals surface area contributed by atoms with Gasteiger partial charge in [0.05, 0.1) is 11.9 Å². The van der Waals surface area contributed by atoms with Crippen LogP contribution in [0.15, 0.2) is 42.7 Å². The van der Waals surface area contributed by atoms with Gasteiger partial charge in [-0.1, -0.05) is 17.7 Å². The highest BCUT2D eigenvalue weighted by Gasteiger charge is 2.09. The number of nitrogens with zero attached hydrogens (tertiary/aromatic N) is 4. The van der Waals surface area contributed by atoms with Crippen molar-refractivity contribution in [3.05, 3.63) is 59.5 Å². The van der Waals surface area contributed by atoms with E-state index in [1.807, 2.05) is 57.4 Å². The summed E-state index contributed by atoms with van der Waals surface area (Å²) < 4.78 is 3.50. The molecule has 7 heteroatoms. The van der Waals surface area contributed by atoms with Gasteiger partial charge in [0.15, 0.2) is 5.82 Å². The second-order valence-corrected chi connectivity index (χ2v) is 5.75. The molecule has 0 atom stereocenters. The summed E-state index contributed by atoms with van der Waals surface area (Å²) in [5.41, 5.74) is 4.04. The summed E-state index contributed by atoms with van der Waals surface area (Å²) in [7, 11) is 1.84. The first-order valence-electron chi connectivity index (χ1n) is 7.67. The van der Waals surface area contributed by atoms with Crippen molar-refractivity contribution in [1.29, 1.82) is 0 Å². The molecule has 0 spiro atoms. The zero-order valence-corrected chi connectivity index (χ0v) is 13.9. The fourth-order valence-corrected chi connectivity index (χ4v) is 2.39. The number of rotatable bonds is 4. The number of aryl methyl sites for hydroxylation is 3. The lowest BCUT2D eigenvalue weighted by atomic mass is 10.2. The molecule has 3 aromatic rings. The number of amides is 2. The van der Waals surface area contributed by atoms with Crippen molar-refractivity contribution in [3.63, 3.8) is 0 Å². The summed E-state index contributed by atoms with van der Waals surface area (Å²) in [5, 5.41) is 14.0. The van der Waals surface area contributed by atoms with Gasteiger partial charge >= 0.3 is 6.03 Å². The first-order chi connectivity index (χ1) is 11.5. The van der Waals surface area contributed by atoms with Gasteiger partial charge in [-0.05, 0) is 26.0 Å². The van der Waals surface area contributed by atoms with Gasteiger partial charge < -0.3 is 5.32 Å². The quantitative estimate of drug-likeness (QED) is 0.774. The lowest BCUT2D eigenvalue weighted by Crippen LogP contribution is -2.28. The topological polar surface area (TPSA) is 76.8 Å². The fourth-order valence-electron chi connectivity index (χ4n) is 2.39. The van der Waals surface area contributed by atoms with Crippen molar-refractivity contribution in [1.82, 2.24) is 24.9 Å². The minimum Gasteiger partial charge on any atom is -0.334 e. The third kappa shape index (κ3) is 3.62. The molecule has 0 saturated heterocycles. The lowest BCUT2D eigenvalue weighted by molar-refractivity contribution is 0.251. The molecule has 3 rings (SSSR count). The van der Waals surface area contributed by atoms with Crippen LogP contribution < -0.4 is 10.6 Å². The van der Waals surface area contributed by atoms with Crippen molar-refractivity contribution >= 4 is 11.8 Å². The average Bonchev–Trinajstić information content (AvgIpc) is 3.12. The van der Waals surface area contributed by atoms with Crippen molar-refractivity contribution in [2.75, 3.05) is 5.32 Å². The molecule has 7 nitrogen and oxygen atoms in total. The van der Waals surface area contributed by atoms with Gasteiger partial charge in [0, 0.05) is 37.1 Å². The Hall–Kier alpha value is -3.09. The largest absolute Gasteiger partial charge is 0.334 e. The van der Waals surface area contributed by atoms with Crippen LogP contribution in [0, 0.1) is 13.8 Å². The van der Waals surface area contributed by atoms with E-state index in [0.717, 1.165) is 16.9 Å². The first kappa shape index (κ1) is 15.8. The number of aromatic nitrogens is 4. The van der Waals surface area contributed by atoms with Crippen LogP contribution in [-0.2, 0) is 13.6 Å². The lowest BCUT2D eigenvalue weighted by Gasteiger charge is -2.05. The number of hydrogen-bond acceptors (Lipinski definition) is 3. The molecular formula is C17H20N6O. The number of hydrogen-bond donors (Lipinski definition) is 2. The van der Waals surface area contributed by atoms with E-state index >= 15 is 0 Å². The van der Waals surface area contributed by atoms with Gasteiger partial charge in [-0.15, -0.1) is 5.10 Å². The molecule has 0 aliphatic heterocycles. The zero-order valence-electron chi connectivity index (χ0n) is 13.9. The van der Waals surface area contributed by atoms with Gasteiger partial charge in [-0.2, -0.15) is 5.10 Å². The van der Waals surface area contributed by atoms with Crippen molar-refractivity contribution in [3.8, 4) is 5.69 Å². The number of benzene rings is 1. The van der Waals surface area contributed by atoms with Crippen LogP contribution >= 0.6 is 0 Å². The molecule has 24 heavy (non-hydrogen) atoms. The molecular weight excluding hydrogens is 304 g/mol. The van der Waals surface area contributed by atoms with Crippen LogP contribution in [0.2, 0.25) is 0 Å². The maximum Gasteiger partial charge on any atom is 0.320 e. The predicted octanol–water partition coefficient (Wildman–Crippen LogP) is 2.54. The summed E-state index contributed by atoms with van der Waals surface area (Å²) in [6, 6.07) is 9.61. The molecule has 124 valence electrons. The third-order valence-electron chi connectivity index (χ3n) is 3.62. The van der Waals surface area contributed by atoms with E-state index in [1.165, 1.54) is 5.56 Å². The summed E-state index contributed by atoms with van der Waals surface area (Å²) in [5.74, 6) is 0.511. The molecule has 0 bridgehead atoms. The third-order valence-corrected chi connectivity index (χ3v) is 3.62. The monoisotopic (exact) mass is 324 g/mol. The van der Waals surface area contributed by atoms with Crippen molar-refractivity contribution in [2.45, 2.75) is 20.4 Å². The van der Waals surface area contributed by atoms with Crippen LogP contribution in [0.3, 0.4) is 0 Å². The summed E-state index contributed by atoms with van der Waals surface area (Å²) in [6.07, 6.45) is 3.58. The molecule has 2 N–H and O–H groups in total. The van der Waals surface area contributed by atoms with Crippen LogP contribution in [-0.4, -0.2) is 25.6 Å². The predicted molar refractivity (Wildman–Crippen MR) is 92.1 cm³/mol. The molecule has 2 aromatic heterocycles.